The molecule has 0 aliphatic rings. The Labute approximate surface area is 380 Å². The Morgan fingerprint density at radius 3 is 1.73 bits per heavy atom. The molecule has 3 heterocycles. The van der Waals surface area contributed by atoms with E-state index >= 15 is 0 Å². The summed E-state index contributed by atoms with van der Waals surface area (Å²) < 4.78 is 0. The van der Waals surface area contributed by atoms with Gasteiger partial charge in [0.1, 0.15) is 5.82 Å². The van der Waals surface area contributed by atoms with Crippen LogP contribution in [-0.4, -0.2) is 15.0 Å². The van der Waals surface area contributed by atoms with Crippen LogP contribution in [0.3, 0.4) is 0 Å². The molecule has 0 saturated heterocycles. The van der Waals surface area contributed by atoms with Crippen molar-refractivity contribution in [3.05, 3.63) is 174 Å². The Balaban J connectivity index is 1.33. The number of nitrogens with zero attached hydrogens (tertiary/aromatic N) is 3. The molecular formula is C60H62N4. The van der Waals surface area contributed by atoms with Crippen molar-refractivity contribution >= 4 is 49.8 Å². The average Bonchev–Trinajstić information content (AvgIpc) is 3.63. The van der Waals surface area contributed by atoms with Crippen LogP contribution in [0.1, 0.15) is 105 Å². The number of benzene rings is 6. The van der Waals surface area contributed by atoms with Gasteiger partial charge in [0.2, 0.25) is 0 Å². The Morgan fingerprint density at radius 2 is 1.05 bits per heavy atom. The second-order valence-corrected chi connectivity index (χ2v) is 21.8. The monoisotopic (exact) mass is 838 g/mol. The summed E-state index contributed by atoms with van der Waals surface area (Å²) in [5.41, 5.74) is 15.7. The average molecular weight is 839 g/mol. The summed E-state index contributed by atoms with van der Waals surface area (Å²) in [6.07, 6.45) is 1.87. The Bertz CT molecular complexity index is 3160. The number of aromatic amines is 1. The zero-order valence-corrected chi connectivity index (χ0v) is 39.8. The van der Waals surface area contributed by atoms with Gasteiger partial charge in [-0.1, -0.05) is 162 Å². The Morgan fingerprint density at radius 1 is 0.438 bits per heavy atom. The number of hydrogen-bond acceptors (Lipinski definition) is 3. The highest BCUT2D eigenvalue weighted by molar-refractivity contribution is 6.12. The van der Waals surface area contributed by atoms with Crippen LogP contribution in [-0.2, 0) is 21.7 Å². The molecule has 64 heavy (non-hydrogen) atoms. The molecule has 6 aromatic carbocycles. The molecule has 3 aromatic heterocycles. The van der Waals surface area contributed by atoms with Crippen molar-refractivity contribution in [1.29, 1.82) is 0 Å². The van der Waals surface area contributed by atoms with Crippen molar-refractivity contribution in [2.75, 3.05) is 4.90 Å². The van der Waals surface area contributed by atoms with Crippen molar-refractivity contribution in [3.8, 4) is 33.6 Å². The molecule has 9 rings (SSSR count). The maximum atomic E-state index is 5.68. The molecule has 0 fully saturated rings. The second kappa shape index (κ2) is 15.6. The fourth-order valence-corrected chi connectivity index (χ4v) is 8.83. The van der Waals surface area contributed by atoms with Crippen molar-refractivity contribution in [3.63, 3.8) is 0 Å². The number of anilines is 3. The predicted octanol–water partition coefficient (Wildman–Crippen LogP) is 16.9. The SMILES string of the molecule is CC(C)(C)c1cc(-c2cc(-c3cccc(N(c4ccccn4)c4cccc5ccccc45)c3)nc(-c3cc(C(C)(C)C)cc4c3[nH]c3ccc(C(C)(C)C)cc34)c2)cc(C(C)(C)C)c1. The highest BCUT2D eigenvalue weighted by Crippen LogP contribution is 2.43. The summed E-state index contributed by atoms with van der Waals surface area (Å²) in [4.78, 5) is 16.8. The van der Waals surface area contributed by atoms with Gasteiger partial charge in [0, 0.05) is 44.7 Å². The quantitative estimate of drug-likeness (QED) is 0.181. The molecule has 4 heteroatoms. The van der Waals surface area contributed by atoms with Crippen LogP contribution in [0.5, 0.6) is 0 Å². The lowest BCUT2D eigenvalue weighted by Crippen LogP contribution is -2.16. The third-order valence-electron chi connectivity index (χ3n) is 12.8. The minimum absolute atomic E-state index is 0.0227. The third kappa shape index (κ3) is 8.23. The fraction of sp³-hybridized carbons (Fsp3) is 0.267. The molecule has 0 saturated carbocycles. The molecule has 0 radical (unpaired) electrons. The molecule has 4 nitrogen and oxygen atoms in total. The standard InChI is InChI=1S/C60H62N4/c1-57(2,3)42-26-27-51-48(35-42)49-36-45(60(10,11)12)37-50(56(49)63-51)53-33-41(40-29-43(58(4,5)6)34-44(30-40)59(7,8)9)32-52(62-53)39-21-17-22-46(31-39)64(55-25-15-16-28-61-55)54-24-18-20-38-19-13-14-23-47(38)54/h13-37,63H,1-12H3. The van der Waals surface area contributed by atoms with Gasteiger partial charge < -0.3 is 4.98 Å². The van der Waals surface area contributed by atoms with E-state index in [1.54, 1.807) is 0 Å². The fourth-order valence-electron chi connectivity index (χ4n) is 8.83. The van der Waals surface area contributed by atoms with E-state index < -0.39 is 0 Å². The van der Waals surface area contributed by atoms with Crippen LogP contribution in [0.4, 0.5) is 17.2 Å². The molecule has 0 unspecified atom stereocenters. The van der Waals surface area contributed by atoms with E-state index in [4.69, 9.17) is 9.97 Å². The lowest BCUT2D eigenvalue weighted by Gasteiger charge is -2.27. The van der Waals surface area contributed by atoms with Crippen molar-refractivity contribution in [1.82, 2.24) is 15.0 Å². The zero-order valence-electron chi connectivity index (χ0n) is 39.8. The first kappa shape index (κ1) is 42.8. The van der Waals surface area contributed by atoms with Crippen LogP contribution >= 0.6 is 0 Å². The van der Waals surface area contributed by atoms with Crippen LogP contribution in [0.15, 0.2) is 152 Å². The van der Waals surface area contributed by atoms with Crippen molar-refractivity contribution in [2.45, 2.75) is 105 Å². The summed E-state index contributed by atoms with van der Waals surface area (Å²) in [5, 5.41) is 4.81. The van der Waals surface area contributed by atoms with Gasteiger partial charge in [0.15, 0.2) is 0 Å². The van der Waals surface area contributed by atoms with Crippen LogP contribution in [0.2, 0.25) is 0 Å². The number of H-pyrrole nitrogens is 1. The van der Waals surface area contributed by atoms with E-state index in [9.17, 15) is 0 Å². The van der Waals surface area contributed by atoms with Gasteiger partial charge in [-0.2, -0.15) is 0 Å². The van der Waals surface area contributed by atoms with Crippen molar-refractivity contribution < 1.29 is 0 Å². The first-order valence-corrected chi connectivity index (χ1v) is 22.8. The van der Waals surface area contributed by atoms with Gasteiger partial charge in [-0.15, -0.1) is 0 Å². The lowest BCUT2D eigenvalue weighted by atomic mass is 9.79. The summed E-state index contributed by atoms with van der Waals surface area (Å²) >= 11 is 0. The number of hydrogen-bond donors (Lipinski definition) is 1. The summed E-state index contributed by atoms with van der Waals surface area (Å²) in [7, 11) is 0. The smallest absolute Gasteiger partial charge is 0.137 e. The number of aromatic nitrogens is 3. The van der Waals surface area contributed by atoms with E-state index in [2.05, 4.69) is 232 Å². The molecule has 0 spiro atoms. The molecule has 322 valence electrons. The number of pyridine rings is 2. The number of rotatable bonds is 6. The van der Waals surface area contributed by atoms with E-state index in [0.29, 0.717) is 0 Å². The van der Waals surface area contributed by atoms with Crippen LogP contribution < -0.4 is 4.90 Å². The summed E-state index contributed by atoms with van der Waals surface area (Å²) in [6, 6.07) is 53.5. The number of fused-ring (bicyclic) bond motifs is 4. The topological polar surface area (TPSA) is 44.8 Å². The maximum Gasteiger partial charge on any atom is 0.137 e. The number of nitrogens with one attached hydrogen (secondary N) is 1. The maximum absolute atomic E-state index is 5.68. The van der Waals surface area contributed by atoms with Gasteiger partial charge >= 0.3 is 0 Å². The van der Waals surface area contributed by atoms with E-state index in [0.717, 1.165) is 61.7 Å². The van der Waals surface area contributed by atoms with Gasteiger partial charge in [-0.3, -0.25) is 4.90 Å². The molecular weight excluding hydrogens is 777 g/mol. The third-order valence-corrected chi connectivity index (χ3v) is 12.8. The molecule has 0 atom stereocenters. The van der Waals surface area contributed by atoms with Crippen molar-refractivity contribution in [2.24, 2.45) is 0 Å². The normalized spacial score (nSPS) is 12.7. The van der Waals surface area contributed by atoms with Crippen LogP contribution in [0.25, 0.3) is 66.2 Å². The van der Waals surface area contributed by atoms with Gasteiger partial charge in [0.25, 0.3) is 0 Å². The molecule has 1 N–H and O–H groups in total. The summed E-state index contributed by atoms with van der Waals surface area (Å²) in [6.45, 7) is 27.7. The summed E-state index contributed by atoms with van der Waals surface area (Å²) in [5.74, 6) is 0.849. The zero-order chi connectivity index (χ0) is 45.3. The molecule has 0 bridgehead atoms. The lowest BCUT2D eigenvalue weighted by molar-refractivity contribution is 0.569. The van der Waals surface area contributed by atoms with Gasteiger partial charge in [-0.05, 0) is 127 Å². The van der Waals surface area contributed by atoms with E-state index in [-0.39, 0.29) is 21.7 Å². The highest BCUT2D eigenvalue weighted by atomic mass is 15.2. The minimum Gasteiger partial charge on any atom is -0.354 e. The second-order valence-electron chi connectivity index (χ2n) is 21.8. The van der Waals surface area contributed by atoms with E-state index in [1.807, 2.05) is 12.3 Å². The van der Waals surface area contributed by atoms with Gasteiger partial charge in [-0.25, -0.2) is 9.97 Å². The first-order chi connectivity index (χ1) is 30.2. The first-order valence-electron chi connectivity index (χ1n) is 22.8. The Hall–Kier alpha value is -6.52. The molecule has 0 aliphatic carbocycles. The largest absolute Gasteiger partial charge is 0.354 e. The molecule has 0 aliphatic heterocycles. The highest BCUT2D eigenvalue weighted by Gasteiger charge is 2.25. The predicted molar refractivity (Wildman–Crippen MR) is 275 cm³/mol. The van der Waals surface area contributed by atoms with E-state index in [1.165, 1.54) is 44.0 Å². The molecule has 0 amide bonds. The van der Waals surface area contributed by atoms with Gasteiger partial charge in [0.05, 0.1) is 22.6 Å². The Kier molecular flexibility index (Phi) is 10.4. The minimum atomic E-state index is -0.0951. The molecule has 9 aromatic rings. The van der Waals surface area contributed by atoms with Crippen LogP contribution in [0, 0.1) is 0 Å².